The molecule has 0 aromatic carbocycles. The van der Waals surface area contributed by atoms with Gasteiger partial charge in [0.05, 0.1) is 12.0 Å². The van der Waals surface area contributed by atoms with E-state index in [0.717, 1.165) is 49.2 Å². The molecule has 0 fully saturated rings. The van der Waals surface area contributed by atoms with Gasteiger partial charge in [-0.25, -0.2) is 0 Å². The molecule has 2 heterocycles. The minimum Gasteiger partial charge on any atom is -0.469 e. The average molecular weight is 231 g/mol. The quantitative estimate of drug-likeness (QED) is 0.715. The Labute approximate surface area is 101 Å². The first-order valence-electron chi connectivity index (χ1n) is 6.01. The molecule has 0 spiro atoms. The van der Waals surface area contributed by atoms with Gasteiger partial charge in [0.1, 0.15) is 5.76 Å². The second-order valence-electron chi connectivity index (χ2n) is 4.13. The standard InChI is InChI=1S/C14H17NO2/c1-2-3-8-15-12(6-7-13(15)11-16)10-14-5-4-9-17-14/h4-7,9,11H,2-3,8,10H2,1H3. The number of furan rings is 1. The summed E-state index contributed by atoms with van der Waals surface area (Å²) in [5, 5.41) is 0. The average Bonchev–Trinajstić information content (AvgIpc) is 2.97. The molecule has 0 N–H and O–H groups in total. The summed E-state index contributed by atoms with van der Waals surface area (Å²) in [5.41, 5.74) is 1.88. The van der Waals surface area contributed by atoms with Gasteiger partial charge < -0.3 is 8.98 Å². The molecule has 0 saturated heterocycles. The Morgan fingerprint density at radius 2 is 2.24 bits per heavy atom. The Bertz CT molecular complexity index is 468. The largest absolute Gasteiger partial charge is 0.469 e. The van der Waals surface area contributed by atoms with Gasteiger partial charge in [0.15, 0.2) is 6.29 Å². The molecule has 2 aromatic rings. The molecule has 2 rings (SSSR count). The summed E-state index contributed by atoms with van der Waals surface area (Å²) in [6, 6.07) is 7.72. The van der Waals surface area contributed by atoms with Gasteiger partial charge in [-0.1, -0.05) is 13.3 Å². The van der Waals surface area contributed by atoms with E-state index in [1.54, 1.807) is 6.26 Å². The van der Waals surface area contributed by atoms with Crippen molar-refractivity contribution >= 4 is 6.29 Å². The fraction of sp³-hybridized carbons (Fsp3) is 0.357. The summed E-state index contributed by atoms with van der Waals surface area (Å²) in [6.45, 7) is 3.05. The number of aromatic nitrogens is 1. The molecular formula is C14H17NO2. The van der Waals surface area contributed by atoms with Crippen molar-refractivity contribution in [3.63, 3.8) is 0 Å². The second-order valence-corrected chi connectivity index (χ2v) is 4.13. The summed E-state index contributed by atoms with van der Waals surface area (Å²) >= 11 is 0. The first kappa shape index (κ1) is 11.7. The predicted octanol–water partition coefficient (Wildman–Crippen LogP) is 3.28. The van der Waals surface area contributed by atoms with Crippen molar-refractivity contribution in [2.75, 3.05) is 0 Å². The van der Waals surface area contributed by atoms with Crippen molar-refractivity contribution in [3.05, 3.63) is 47.7 Å². The zero-order valence-corrected chi connectivity index (χ0v) is 10.1. The highest BCUT2D eigenvalue weighted by molar-refractivity contribution is 5.72. The van der Waals surface area contributed by atoms with E-state index in [0.29, 0.717) is 0 Å². The summed E-state index contributed by atoms with van der Waals surface area (Å²) in [4.78, 5) is 11.0. The number of hydrogen-bond acceptors (Lipinski definition) is 2. The van der Waals surface area contributed by atoms with Gasteiger partial charge in [0.25, 0.3) is 0 Å². The van der Waals surface area contributed by atoms with Crippen molar-refractivity contribution < 1.29 is 9.21 Å². The summed E-state index contributed by atoms with van der Waals surface area (Å²) < 4.78 is 7.42. The minimum absolute atomic E-state index is 0.741. The maximum absolute atomic E-state index is 11.0. The third kappa shape index (κ3) is 2.67. The Morgan fingerprint density at radius 3 is 2.88 bits per heavy atom. The highest BCUT2D eigenvalue weighted by Gasteiger charge is 2.08. The molecule has 0 saturated carbocycles. The van der Waals surface area contributed by atoms with Crippen LogP contribution in [-0.4, -0.2) is 10.9 Å². The van der Waals surface area contributed by atoms with Crippen LogP contribution in [0.15, 0.2) is 34.9 Å². The molecule has 0 aliphatic carbocycles. The summed E-state index contributed by atoms with van der Waals surface area (Å²) in [7, 11) is 0. The molecule has 2 aromatic heterocycles. The lowest BCUT2D eigenvalue weighted by molar-refractivity contribution is 0.111. The van der Waals surface area contributed by atoms with E-state index in [-0.39, 0.29) is 0 Å². The lowest BCUT2D eigenvalue weighted by atomic mass is 10.2. The van der Waals surface area contributed by atoms with E-state index in [2.05, 4.69) is 11.5 Å². The lowest BCUT2D eigenvalue weighted by Gasteiger charge is -2.09. The third-order valence-corrected chi connectivity index (χ3v) is 2.90. The van der Waals surface area contributed by atoms with Crippen molar-refractivity contribution in [2.45, 2.75) is 32.7 Å². The zero-order chi connectivity index (χ0) is 12.1. The number of hydrogen-bond donors (Lipinski definition) is 0. The molecule has 3 nitrogen and oxygen atoms in total. The van der Waals surface area contributed by atoms with Crippen LogP contribution in [0.2, 0.25) is 0 Å². The minimum atomic E-state index is 0.741. The van der Waals surface area contributed by atoms with Crippen LogP contribution in [0, 0.1) is 0 Å². The SMILES string of the molecule is CCCCn1c(C=O)ccc1Cc1ccco1. The van der Waals surface area contributed by atoms with Crippen molar-refractivity contribution in [1.82, 2.24) is 4.57 Å². The van der Waals surface area contributed by atoms with Gasteiger partial charge in [0, 0.05) is 18.7 Å². The van der Waals surface area contributed by atoms with Crippen LogP contribution in [0.5, 0.6) is 0 Å². The van der Waals surface area contributed by atoms with Gasteiger partial charge in [0.2, 0.25) is 0 Å². The van der Waals surface area contributed by atoms with E-state index >= 15 is 0 Å². The first-order valence-corrected chi connectivity index (χ1v) is 6.01. The van der Waals surface area contributed by atoms with Crippen LogP contribution in [0.25, 0.3) is 0 Å². The molecule has 0 amide bonds. The van der Waals surface area contributed by atoms with Gasteiger partial charge in [-0.15, -0.1) is 0 Å². The van der Waals surface area contributed by atoms with Crippen LogP contribution in [-0.2, 0) is 13.0 Å². The lowest BCUT2D eigenvalue weighted by Crippen LogP contribution is -2.07. The maximum atomic E-state index is 11.0. The molecular weight excluding hydrogens is 214 g/mol. The molecule has 0 atom stereocenters. The van der Waals surface area contributed by atoms with Crippen molar-refractivity contribution in [2.24, 2.45) is 0 Å². The second kappa shape index (κ2) is 5.53. The number of nitrogens with zero attached hydrogens (tertiary/aromatic N) is 1. The van der Waals surface area contributed by atoms with E-state index in [4.69, 9.17) is 4.42 Å². The fourth-order valence-electron chi connectivity index (χ4n) is 1.97. The van der Waals surface area contributed by atoms with Crippen LogP contribution in [0.1, 0.15) is 41.7 Å². The molecule has 0 unspecified atom stereocenters. The Hall–Kier alpha value is -1.77. The normalized spacial score (nSPS) is 10.6. The molecule has 3 heteroatoms. The van der Waals surface area contributed by atoms with Gasteiger partial charge >= 0.3 is 0 Å². The van der Waals surface area contributed by atoms with Crippen LogP contribution >= 0.6 is 0 Å². The Kier molecular flexibility index (Phi) is 3.81. The van der Waals surface area contributed by atoms with Crippen LogP contribution in [0.3, 0.4) is 0 Å². The highest BCUT2D eigenvalue weighted by atomic mass is 16.3. The van der Waals surface area contributed by atoms with Crippen LogP contribution < -0.4 is 0 Å². The molecule has 0 aliphatic rings. The number of carbonyl (C=O) groups is 1. The van der Waals surface area contributed by atoms with E-state index in [9.17, 15) is 4.79 Å². The number of rotatable bonds is 6. The van der Waals surface area contributed by atoms with Gasteiger partial charge in [-0.3, -0.25) is 4.79 Å². The molecule has 90 valence electrons. The number of unbranched alkanes of at least 4 members (excludes halogenated alkanes) is 1. The Balaban J connectivity index is 2.20. The zero-order valence-electron chi connectivity index (χ0n) is 10.1. The topological polar surface area (TPSA) is 35.1 Å². The molecule has 0 aliphatic heterocycles. The fourth-order valence-corrected chi connectivity index (χ4v) is 1.97. The van der Waals surface area contributed by atoms with Gasteiger partial charge in [-0.05, 0) is 30.7 Å². The van der Waals surface area contributed by atoms with E-state index in [1.807, 2.05) is 24.3 Å². The monoisotopic (exact) mass is 231 g/mol. The number of aldehydes is 1. The highest BCUT2D eigenvalue weighted by Crippen LogP contribution is 2.14. The number of carbonyl (C=O) groups excluding carboxylic acids is 1. The summed E-state index contributed by atoms with van der Waals surface area (Å²) in [6.07, 6.45) is 5.54. The molecule has 17 heavy (non-hydrogen) atoms. The van der Waals surface area contributed by atoms with Crippen molar-refractivity contribution in [3.8, 4) is 0 Å². The smallest absolute Gasteiger partial charge is 0.166 e. The summed E-state index contributed by atoms with van der Waals surface area (Å²) in [5.74, 6) is 0.929. The van der Waals surface area contributed by atoms with Crippen molar-refractivity contribution in [1.29, 1.82) is 0 Å². The molecule has 0 radical (unpaired) electrons. The van der Waals surface area contributed by atoms with E-state index in [1.165, 1.54) is 0 Å². The first-order chi connectivity index (χ1) is 8.35. The third-order valence-electron chi connectivity index (χ3n) is 2.90. The van der Waals surface area contributed by atoms with E-state index < -0.39 is 0 Å². The van der Waals surface area contributed by atoms with Gasteiger partial charge in [-0.2, -0.15) is 0 Å². The maximum Gasteiger partial charge on any atom is 0.166 e. The Morgan fingerprint density at radius 1 is 1.35 bits per heavy atom. The predicted molar refractivity (Wildman–Crippen MR) is 66.2 cm³/mol. The molecule has 0 bridgehead atoms. The van der Waals surface area contributed by atoms with Crippen LogP contribution in [0.4, 0.5) is 0 Å².